The van der Waals surface area contributed by atoms with Crippen molar-refractivity contribution in [1.82, 2.24) is 9.78 Å². The lowest BCUT2D eigenvalue weighted by molar-refractivity contribution is 0.167. The summed E-state index contributed by atoms with van der Waals surface area (Å²) >= 11 is 5.75. The van der Waals surface area contributed by atoms with Crippen molar-refractivity contribution < 1.29 is 5.11 Å². The lowest BCUT2D eigenvalue weighted by atomic mass is 10.4. The highest BCUT2D eigenvalue weighted by Crippen LogP contribution is 2.13. The molecule has 1 aromatic heterocycles. The highest BCUT2D eigenvalue weighted by Gasteiger charge is 2.05. The predicted octanol–water partition coefficient (Wildman–Crippen LogP) is 1.23. The Morgan fingerprint density at radius 2 is 2.45 bits per heavy atom. The van der Waals surface area contributed by atoms with Crippen molar-refractivity contribution >= 4 is 11.6 Å². The van der Waals surface area contributed by atoms with Gasteiger partial charge in [-0.1, -0.05) is 11.6 Å². The molecule has 0 fully saturated rings. The van der Waals surface area contributed by atoms with E-state index in [-0.39, 0.29) is 6.10 Å². The zero-order valence-electron chi connectivity index (χ0n) is 6.58. The Kier molecular flexibility index (Phi) is 2.52. The van der Waals surface area contributed by atoms with Crippen LogP contribution in [0.5, 0.6) is 0 Å². The molecule has 0 amide bonds. The molecule has 1 rings (SSSR count). The Bertz CT molecular complexity index is 245. The predicted molar refractivity (Wildman–Crippen MR) is 43.7 cm³/mol. The normalized spacial score (nSPS) is 13.5. The maximum Gasteiger partial charge on any atom is 0.0814 e. The van der Waals surface area contributed by atoms with E-state index in [1.165, 1.54) is 0 Å². The fourth-order valence-corrected chi connectivity index (χ4v) is 0.999. The highest BCUT2D eigenvalue weighted by molar-refractivity contribution is 6.31. The fraction of sp³-hybridized carbons (Fsp3) is 0.571. The van der Waals surface area contributed by atoms with Gasteiger partial charge >= 0.3 is 0 Å². The van der Waals surface area contributed by atoms with E-state index in [0.29, 0.717) is 11.6 Å². The SMILES string of the molecule is Cc1c(Cl)cnn1C[C@@H](C)O. The molecule has 0 bridgehead atoms. The van der Waals surface area contributed by atoms with Crippen LogP contribution in [-0.4, -0.2) is 21.0 Å². The van der Waals surface area contributed by atoms with E-state index in [9.17, 15) is 0 Å². The molecule has 0 spiro atoms. The van der Waals surface area contributed by atoms with Crippen molar-refractivity contribution in [3.8, 4) is 0 Å². The van der Waals surface area contributed by atoms with Crippen LogP contribution in [-0.2, 0) is 6.54 Å². The highest BCUT2D eigenvalue weighted by atomic mass is 35.5. The minimum atomic E-state index is -0.385. The molecular formula is C7H11ClN2O. The topological polar surface area (TPSA) is 38.0 Å². The molecule has 62 valence electrons. The summed E-state index contributed by atoms with van der Waals surface area (Å²) in [5.74, 6) is 0. The standard InChI is InChI=1S/C7H11ClN2O/c1-5(11)4-10-6(2)7(8)3-9-10/h3,5,11H,4H2,1-2H3/t5-/m1/s1. The average Bonchev–Trinajstić information content (AvgIpc) is 2.18. The summed E-state index contributed by atoms with van der Waals surface area (Å²) < 4.78 is 1.69. The molecule has 0 aliphatic rings. The third-order valence-corrected chi connectivity index (χ3v) is 1.85. The van der Waals surface area contributed by atoms with Crippen molar-refractivity contribution in [1.29, 1.82) is 0 Å². The van der Waals surface area contributed by atoms with Crippen LogP contribution in [0.25, 0.3) is 0 Å². The summed E-state index contributed by atoms with van der Waals surface area (Å²) in [5.41, 5.74) is 0.896. The maximum absolute atomic E-state index is 9.04. The van der Waals surface area contributed by atoms with Gasteiger partial charge in [-0.3, -0.25) is 4.68 Å². The van der Waals surface area contributed by atoms with E-state index in [1.54, 1.807) is 17.8 Å². The first-order chi connectivity index (χ1) is 5.11. The third kappa shape index (κ3) is 1.94. The molecule has 0 radical (unpaired) electrons. The molecular weight excluding hydrogens is 164 g/mol. The number of rotatable bonds is 2. The van der Waals surface area contributed by atoms with Crippen LogP contribution >= 0.6 is 11.6 Å². The van der Waals surface area contributed by atoms with Crippen LogP contribution in [0.1, 0.15) is 12.6 Å². The number of aromatic nitrogens is 2. The van der Waals surface area contributed by atoms with Gasteiger partial charge in [0.1, 0.15) is 0 Å². The largest absolute Gasteiger partial charge is 0.391 e. The molecule has 11 heavy (non-hydrogen) atoms. The monoisotopic (exact) mass is 174 g/mol. The van der Waals surface area contributed by atoms with Crippen LogP contribution in [0.2, 0.25) is 5.02 Å². The first kappa shape index (κ1) is 8.56. The molecule has 4 heteroatoms. The Morgan fingerprint density at radius 3 is 2.82 bits per heavy atom. The van der Waals surface area contributed by atoms with Gasteiger partial charge in [0.2, 0.25) is 0 Å². The fourth-order valence-electron chi connectivity index (χ4n) is 0.858. The van der Waals surface area contributed by atoms with Crippen molar-refractivity contribution in [3.05, 3.63) is 16.9 Å². The summed E-state index contributed by atoms with van der Waals surface area (Å²) in [5, 5.41) is 13.7. The lowest BCUT2D eigenvalue weighted by Crippen LogP contribution is -2.13. The molecule has 1 N–H and O–H groups in total. The van der Waals surface area contributed by atoms with Crippen LogP contribution in [0, 0.1) is 6.92 Å². The third-order valence-electron chi connectivity index (χ3n) is 1.48. The molecule has 1 heterocycles. The molecule has 0 saturated heterocycles. The minimum Gasteiger partial charge on any atom is -0.391 e. The Balaban J connectivity index is 2.79. The second-order valence-electron chi connectivity index (χ2n) is 2.61. The molecule has 0 aliphatic heterocycles. The number of hydrogen-bond acceptors (Lipinski definition) is 2. The van der Waals surface area contributed by atoms with Crippen molar-refractivity contribution in [2.24, 2.45) is 0 Å². The van der Waals surface area contributed by atoms with Crippen LogP contribution in [0.4, 0.5) is 0 Å². The van der Waals surface area contributed by atoms with Gasteiger partial charge in [-0.2, -0.15) is 5.10 Å². The number of aliphatic hydroxyl groups is 1. The van der Waals surface area contributed by atoms with Crippen LogP contribution in [0.15, 0.2) is 6.20 Å². The molecule has 0 saturated carbocycles. The quantitative estimate of drug-likeness (QED) is 0.733. The first-order valence-electron chi connectivity index (χ1n) is 3.47. The van der Waals surface area contributed by atoms with Gasteiger partial charge in [0, 0.05) is 0 Å². The lowest BCUT2D eigenvalue weighted by Gasteiger charge is -2.05. The number of nitrogens with zero attached hydrogens (tertiary/aromatic N) is 2. The molecule has 3 nitrogen and oxygen atoms in total. The summed E-state index contributed by atoms with van der Waals surface area (Å²) in [4.78, 5) is 0. The van der Waals surface area contributed by atoms with Crippen LogP contribution in [0.3, 0.4) is 0 Å². The van der Waals surface area contributed by atoms with Crippen molar-refractivity contribution in [2.45, 2.75) is 26.5 Å². The van der Waals surface area contributed by atoms with Gasteiger partial charge in [0.05, 0.1) is 29.6 Å². The zero-order chi connectivity index (χ0) is 8.43. The van der Waals surface area contributed by atoms with E-state index in [4.69, 9.17) is 16.7 Å². The number of halogens is 1. The van der Waals surface area contributed by atoms with E-state index in [0.717, 1.165) is 5.69 Å². The second-order valence-corrected chi connectivity index (χ2v) is 3.02. The van der Waals surface area contributed by atoms with E-state index < -0.39 is 0 Å². The summed E-state index contributed by atoms with van der Waals surface area (Å²) in [6, 6.07) is 0. The molecule has 1 aromatic rings. The van der Waals surface area contributed by atoms with Crippen molar-refractivity contribution in [3.63, 3.8) is 0 Å². The Labute approximate surface area is 70.6 Å². The first-order valence-corrected chi connectivity index (χ1v) is 3.85. The van der Waals surface area contributed by atoms with E-state index in [1.807, 2.05) is 6.92 Å². The number of hydrogen-bond donors (Lipinski definition) is 1. The average molecular weight is 175 g/mol. The summed E-state index contributed by atoms with van der Waals surface area (Å²) in [7, 11) is 0. The van der Waals surface area contributed by atoms with Crippen molar-refractivity contribution in [2.75, 3.05) is 0 Å². The number of aliphatic hydroxyl groups excluding tert-OH is 1. The Hall–Kier alpha value is -0.540. The van der Waals surface area contributed by atoms with Crippen LogP contribution < -0.4 is 0 Å². The van der Waals surface area contributed by atoms with Gasteiger partial charge in [0.15, 0.2) is 0 Å². The molecule has 0 unspecified atom stereocenters. The van der Waals surface area contributed by atoms with Gasteiger partial charge in [-0.15, -0.1) is 0 Å². The zero-order valence-corrected chi connectivity index (χ0v) is 7.34. The maximum atomic E-state index is 9.04. The smallest absolute Gasteiger partial charge is 0.0814 e. The van der Waals surface area contributed by atoms with Gasteiger partial charge < -0.3 is 5.11 Å². The minimum absolute atomic E-state index is 0.385. The Morgan fingerprint density at radius 1 is 1.82 bits per heavy atom. The second kappa shape index (κ2) is 3.24. The van der Waals surface area contributed by atoms with Gasteiger partial charge in [0.25, 0.3) is 0 Å². The van der Waals surface area contributed by atoms with Gasteiger partial charge in [-0.25, -0.2) is 0 Å². The molecule has 0 aliphatic carbocycles. The van der Waals surface area contributed by atoms with Gasteiger partial charge in [-0.05, 0) is 13.8 Å². The van der Waals surface area contributed by atoms with E-state index in [2.05, 4.69) is 5.10 Å². The summed E-state index contributed by atoms with van der Waals surface area (Å²) in [6.07, 6.45) is 1.20. The van der Waals surface area contributed by atoms with E-state index >= 15 is 0 Å². The molecule has 1 atom stereocenters. The summed E-state index contributed by atoms with van der Waals surface area (Å²) in [6.45, 7) is 4.09. The molecule has 0 aromatic carbocycles.